The quantitative estimate of drug-likeness (QED) is 0.902. The number of benzene rings is 2. The molecule has 0 unspecified atom stereocenters. The Hall–Kier alpha value is -2.49. The van der Waals surface area contributed by atoms with Crippen LogP contribution in [0.1, 0.15) is 41.6 Å². The van der Waals surface area contributed by atoms with Gasteiger partial charge in [-0.3, -0.25) is 0 Å². The minimum atomic E-state index is 0.126. The third-order valence-electron chi connectivity index (χ3n) is 4.10. The van der Waals surface area contributed by atoms with E-state index in [1.807, 2.05) is 45.0 Å². The molecule has 2 aromatic rings. The van der Waals surface area contributed by atoms with Crippen molar-refractivity contribution in [1.29, 1.82) is 0 Å². The lowest BCUT2D eigenvalue weighted by Gasteiger charge is -2.12. The van der Waals surface area contributed by atoms with Crippen molar-refractivity contribution in [2.45, 2.75) is 33.2 Å². The number of nitrogens with one attached hydrogen (secondary N) is 1. The van der Waals surface area contributed by atoms with Gasteiger partial charge in [0.25, 0.3) is 0 Å². The maximum absolute atomic E-state index is 10.3. The molecule has 23 heavy (non-hydrogen) atoms. The summed E-state index contributed by atoms with van der Waals surface area (Å²) in [7, 11) is 0. The number of aryl methyl sites for hydroxylation is 2. The number of phenols is 1. The van der Waals surface area contributed by atoms with E-state index in [4.69, 9.17) is 4.74 Å². The van der Waals surface area contributed by atoms with Crippen LogP contribution in [0.25, 0.3) is 0 Å². The molecule has 4 heteroatoms. The monoisotopic (exact) mass is 310 g/mol. The first-order valence-corrected chi connectivity index (χ1v) is 7.94. The molecule has 0 fully saturated rings. The largest absolute Gasteiger partial charge is 0.507 e. The number of phenolic OH excluding ortho intramolecular Hbond substituents is 1. The van der Waals surface area contributed by atoms with Crippen molar-refractivity contribution in [3.8, 4) is 11.5 Å². The third-order valence-corrected chi connectivity index (χ3v) is 4.10. The lowest BCUT2D eigenvalue weighted by molar-refractivity contribution is 0.340. The Morgan fingerprint density at radius 1 is 1.22 bits per heavy atom. The maximum Gasteiger partial charge on any atom is 0.127 e. The van der Waals surface area contributed by atoms with E-state index in [0.29, 0.717) is 12.4 Å². The summed E-state index contributed by atoms with van der Waals surface area (Å²) < 4.78 is 5.47. The van der Waals surface area contributed by atoms with Gasteiger partial charge in [-0.2, -0.15) is 5.10 Å². The highest BCUT2D eigenvalue weighted by Crippen LogP contribution is 2.31. The Labute approximate surface area is 136 Å². The molecule has 1 aliphatic heterocycles. The number of hydrazone groups is 1. The first-order valence-electron chi connectivity index (χ1n) is 7.94. The average Bonchev–Trinajstić information content (AvgIpc) is 3.01. The van der Waals surface area contributed by atoms with Crippen molar-refractivity contribution in [3.05, 3.63) is 58.7 Å². The SMILES string of the molecule is CCOc1ccc([C@@H]2CC(c3cc(C)cc(C)c3O)=NN2)cc1. The molecule has 1 aliphatic rings. The molecule has 0 bridgehead atoms. The first kappa shape index (κ1) is 15.4. The van der Waals surface area contributed by atoms with Crippen LogP contribution in [0.2, 0.25) is 0 Å². The van der Waals surface area contributed by atoms with Gasteiger partial charge in [0.1, 0.15) is 11.5 Å². The topological polar surface area (TPSA) is 53.9 Å². The highest BCUT2D eigenvalue weighted by Gasteiger charge is 2.23. The van der Waals surface area contributed by atoms with Crippen molar-refractivity contribution in [3.63, 3.8) is 0 Å². The Morgan fingerprint density at radius 2 is 1.96 bits per heavy atom. The van der Waals surface area contributed by atoms with Crippen LogP contribution in [-0.4, -0.2) is 17.4 Å². The Bertz CT molecular complexity index is 736. The molecule has 0 aromatic heterocycles. The summed E-state index contributed by atoms with van der Waals surface area (Å²) in [6, 6.07) is 12.2. The van der Waals surface area contributed by atoms with Crippen LogP contribution in [0, 0.1) is 13.8 Å². The molecule has 0 saturated heterocycles. The number of nitrogens with zero attached hydrogens (tertiary/aromatic N) is 1. The third kappa shape index (κ3) is 3.16. The number of ether oxygens (including phenoxy) is 1. The first-order chi connectivity index (χ1) is 11.1. The Kier molecular flexibility index (Phi) is 4.24. The second-order valence-electron chi connectivity index (χ2n) is 5.92. The molecule has 120 valence electrons. The molecule has 0 amide bonds. The molecular weight excluding hydrogens is 288 g/mol. The molecule has 1 heterocycles. The van der Waals surface area contributed by atoms with E-state index < -0.39 is 0 Å². The van der Waals surface area contributed by atoms with Crippen LogP contribution < -0.4 is 10.2 Å². The fraction of sp³-hybridized carbons (Fsp3) is 0.316. The Morgan fingerprint density at radius 3 is 2.65 bits per heavy atom. The predicted octanol–water partition coefficient (Wildman–Crippen LogP) is 3.85. The summed E-state index contributed by atoms with van der Waals surface area (Å²) in [5.74, 6) is 1.20. The van der Waals surface area contributed by atoms with Crippen LogP contribution >= 0.6 is 0 Å². The van der Waals surface area contributed by atoms with Crippen LogP contribution in [0.4, 0.5) is 0 Å². The molecular formula is C19H22N2O2. The van der Waals surface area contributed by atoms with Crippen LogP contribution in [0.3, 0.4) is 0 Å². The van der Waals surface area contributed by atoms with E-state index in [0.717, 1.165) is 40.1 Å². The molecule has 2 N–H and O–H groups in total. The zero-order valence-corrected chi connectivity index (χ0v) is 13.8. The highest BCUT2D eigenvalue weighted by atomic mass is 16.5. The maximum atomic E-state index is 10.3. The lowest BCUT2D eigenvalue weighted by Crippen LogP contribution is -2.10. The van der Waals surface area contributed by atoms with E-state index in [2.05, 4.69) is 22.7 Å². The van der Waals surface area contributed by atoms with Gasteiger partial charge in [0, 0.05) is 12.0 Å². The second-order valence-corrected chi connectivity index (χ2v) is 5.92. The van der Waals surface area contributed by atoms with Gasteiger partial charge in [-0.15, -0.1) is 0 Å². The van der Waals surface area contributed by atoms with Crippen LogP contribution in [-0.2, 0) is 0 Å². The van der Waals surface area contributed by atoms with Gasteiger partial charge in [0.05, 0.1) is 18.4 Å². The summed E-state index contributed by atoms with van der Waals surface area (Å²) in [5.41, 5.74) is 8.07. The van der Waals surface area contributed by atoms with E-state index >= 15 is 0 Å². The van der Waals surface area contributed by atoms with Crippen molar-refractivity contribution in [2.75, 3.05) is 6.61 Å². The molecule has 2 aromatic carbocycles. The van der Waals surface area contributed by atoms with Gasteiger partial charge in [0.2, 0.25) is 0 Å². The van der Waals surface area contributed by atoms with Crippen molar-refractivity contribution in [1.82, 2.24) is 5.43 Å². The number of hydrogen-bond acceptors (Lipinski definition) is 4. The predicted molar refractivity (Wildman–Crippen MR) is 92.2 cm³/mol. The second kappa shape index (κ2) is 6.32. The van der Waals surface area contributed by atoms with Crippen molar-refractivity contribution in [2.24, 2.45) is 5.10 Å². The molecule has 1 atom stereocenters. The standard InChI is InChI=1S/C19H22N2O2/c1-4-23-15-7-5-14(6-8-15)17-11-18(21-20-17)16-10-12(2)9-13(3)19(16)22/h5-10,17,20,22H,4,11H2,1-3H3/t17-/m0/s1. The highest BCUT2D eigenvalue weighted by molar-refractivity contribution is 6.04. The van der Waals surface area contributed by atoms with Crippen molar-refractivity contribution < 1.29 is 9.84 Å². The smallest absolute Gasteiger partial charge is 0.127 e. The summed E-state index contributed by atoms with van der Waals surface area (Å²) in [6.07, 6.45) is 0.754. The zero-order valence-electron chi connectivity index (χ0n) is 13.8. The average molecular weight is 310 g/mol. The molecule has 3 rings (SSSR count). The number of aromatic hydroxyl groups is 1. The minimum Gasteiger partial charge on any atom is -0.507 e. The van der Waals surface area contributed by atoms with Gasteiger partial charge in [-0.25, -0.2) is 0 Å². The van der Waals surface area contributed by atoms with Gasteiger partial charge >= 0.3 is 0 Å². The van der Waals surface area contributed by atoms with E-state index in [1.54, 1.807) is 0 Å². The fourth-order valence-electron chi connectivity index (χ4n) is 2.95. The molecule has 0 saturated carbocycles. The van der Waals surface area contributed by atoms with Gasteiger partial charge in [-0.05, 0) is 55.7 Å². The Balaban J connectivity index is 1.78. The van der Waals surface area contributed by atoms with Gasteiger partial charge in [-0.1, -0.05) is 18.2 Å². The van der Waals surface area contributed by atoms with Crippen molar-refractivity contribution >= 4 is 5.71 Å². The molecule has 4 nitrogen and oxygen atoms in total. The number of rotatable bonds is 4. The van der Waals surface area contributed by atoms with Crippen LogP contribution in [0.15, 0.2) is 41.5 Å². The van der Waals surface area contributed by atoms with E-state index in [1.165, 1.54) is 0 Å². The molecule has 0 aliphatic carbocycles. The van der Waals surface area contributed by atoms with Crippen LogP contribution in [0.5, 0.6) is 11.5 Å². The van der Waals surface area contributed by atoms with E-state index in [9.17, 15) is 5.11 Å². The summed E-state index contributed by atoms with van der Waals surface area (Å²) in [6.45, 7) is 6.59. The fourth-order valence-corrected chi connectivity index (χ4v) is 2.95. The molecule has 0 radical (unpaired) electrons. The lowest BCUT2D eigenvalue weighted by atomic mass is 9.96. The normalized spacial score (nSPS) is 16.8. The summed E-state index contributed by atoms with van der Waals surface area (Å²) >= 11 is 0. The minimum absolute atomic E-state index is 0.126. The summed E-state index contributed by atoms with van der Waals surface area (Å²) in [5, 5.41) is 14.8. The molecule has 0 spiro atoms. The van der Waals surface area contributed by atoms with Gasteiger partial charge < -0.3 is 15.3 Å². The van der Waals surface area contributed by atoms with E-state index in [-0.39, 0.29) is 6.04 Å². The zero-order chi connectivity index (χ0) is 16.4. The number of hydrogen-bond donors (Lipinski definition) is 2. The van der Waals surface area contributed by atoms with Gasteiger partial charge in [0.15, 0.2) is 0 Å². The summed E-state index contributed by atoms with van der Waals surface area (Å²) in [4.78, 5) is 0.